The van der Waals surface area contributed by atoms with Gasteiger partial charge in [0, 0.05) is 19.3 Å². The molecule has 2 N–H and O–H groups in total. The fourth-order valence-corrected chi connectivity index (χ4v) is 3.91. The van der Waals surface area contributed by atoms with Crippen molar-refractivity contribution in [1.29, 1.82) is 0 Å². The zero-order valence-electron chi connectivity index (χ0n) is 12.9. The number of sulfonamides is 1. The van der Waals surface area contributed by atoms with Crippen LogP contribution < -0.4 is 10.0 Å². The molecule has 0 saturated heterocycles. The van der Waals surface area contributed by atoms with Crippen LogP contribution in [0, 0.1) is 11.8 Å². The van der Waals surface area contributed by atoms with E-state index < -0.39 is 10.0 Å². The van der Waals surface area contributed by atoms with E-state index in [0.29, 0.717) is 12.5 Å². The third-order valence-corrected chi connectivity index (χ3v) is 5.48. The largest absolute Gasteiger partial charge is 0.320 e. The predicted octanol–water partition coefficient (Wildman–Crippen LogP) is 1.21. The van der Waals surface area contributed by atoms with E-state index in [1.807, 2.05) is 7.05 Å². The van der Waals surface area contributed by atoms with Crippen molar-refractivity contribution in [2.75, 3.05) is 20.1 Å². The first-order chi connectivity index (χ1) is 10.0. The first-order valence-electron chi connectivity index (χ1n) is 7.68. The van der Waals surface area contributed by atoms with Gasteiger partial charge in [0.15, 0.2) is 0 Å². The van der Waals surface area contributed by atoms with Crippen molar-refractivity contribution in [3.63, 3.8) is 0 Å². The molecule has 2 unspecified atom stereocenters. The van der Waals surface area contributed by atoms with Crippen molar-refractivity contribution in [2.24, 2.45) is 11.8 Å². The zero-order chi connectivity index (χ0) is 15.3. The van der Waals surface area contributed by atoms with E-state index in [1.54, 1.807) is 10.9 Å². The quantitative estimate of drug-likeness (QED) is 0.707. The lowest BCUT2D eigenvalue weighted by molar-refractivity contribution is 0.498. The van der Waals surface area contributed by atoms with Gasteiger partial charge in [-0.1, -0.05) is 13.3 Å². The Balaban J connectivity index is 1.87. The summed E-state index contributed by atoms with van der Waals surface area (Å²) in [6.45, 7) is 4.37. The third-order valence-electron chi connectivity index (χ3n) is 4.10. The molecule has 0 aliphatic heterocycles. The fourth-order valence-electron chi connectivity index (χ4n) is 2.84. The van der Waals surface area contributed by atoms with Gasteiger partial charge in [-0.2, -0.15) is 5.10 Å². The molecule has 7 heteroatoms. The lowest BCUT2D eigenvalue weighted by Crippen LogP contribution is -2.28. The Kier molecular flexibility index (Phi) is 5.78. The summed E-state index contributed by atoms with van der Waals surface area (Å²) in [6, 6.07) is 0. The zero-order valence-corrected chi connectivity index (χ0v) is 13.7. The molecule has 1 fully saturated rings. The summed E-state index contributed by atoms with van der Waals surface area (Å²) in [5.74, 6) is 1.19. The van der Waals surface area contributed by atoms with Crippen LogP contribution in [0.4, 0.5) is 0 Å². The maximum Gasteiger partial charge on any atom is 0.243 e. The normalized spacial score (nSPS) is 22.8. The lowest BCUT2D eigenvalue weighted by atomic mass is 10.1. The minimum absolute atomic E-state index is 0.262. The van der Waals surface area contributed by atoms with Gasteiger partial charge >= 0.3 is 0 Å². The SMILES string of the molecule is CNCCCn1cc(S(=O)(=O)NCC2CCC(C)C2)cn1. The molecule has 1 heterocycles. The lowest BCUT2D eigenvalue weighted by Gasteiger charge is -2.10. The molecule has 1 aromatic rings. The molecule has 0 amide bonds. The highest BCUT2D eigenvalue weighted by atomic mass is 32.2. The molecule has 6 nitrogen and oxygen atoms in total. The summed E-state index contributed by atoms with van der Waals surface area (Å²) in [6.07, 6.45) is 7.40. The smallest absolute Gasteiger partial charge is 0.243 e. The summed E-state index contributed by atoms with van der Waals surface area (Å²) >= 11 is 0. The van der Waals surface area contributed by atoms with Gasteiger partial charge in [0.25, 0.3) is 0 Å². The van der Waals surface area contributed by atoms with Crippen molar-refractivity contribution in [3.8, 4) is 0 Å². The van der Waals surface area contributed by atoms with E-state index in [-0.39, 0.29) is 4.90 Å². The highest BCUT2D eigenvalue weighted by Crippen LogP contribution is 2.29. The van der Waals surface area contributed by atoms with Crippen LogP contribution in [0.25, 0.3) is 0 Å². The van der Waals surface area contributed by atoms with Crippen LogP contribution in [0.2, 0.25) is 0 Å². The molecule has 21 heavy (non-hydrogen) atoms. The molecule has 2 rings (SSSR count). The summed E-state index contributed by atoms with van der Waals surface area (Å²) in [5, 5.41) is 7.17. The van der Waals surface area contributed by atoms with E-state index in [0.717, 1.165) is 38.3 Å². The predicted molar refractivity (Wildman–Crippen MR) is 82.5 cm³/mol. The van der Waals surface area contributed by atoms with Crippen LogP contribution in [0.1, 0.15) is 32.6 Å². The van der Waals surface area contributed by atoms with Gasteiger partial charge in [-0.15, -0.1) is 0 Å². The molecular formula is C14H26N4O2S. The van der Waals surface area contributed by atoms with E-state index in [1.165, 1.54) is 12.6 Å². The monoisotopic (exact) mass is 314 g/mol. The minimum Gasteiger partial charge on any atom is -0.320 e. The Bertz CT molecular complexity index is 541. The molecule has 2 atom stereocenters. The number of aryl methyl sites for hydroxylation is 1. The molecule has 1 saturated carbocycles. The molecule has 0 radical (unpaired) electrons. The van der Waals surface area contributed by atoms with E-state index in [2.05, 4.69) is 22.1 Å². The molecule has 0 bridgehead atoms. The maximum atomic E-state index is 12.2. The van der Waals surface area contributed by atoms with Gasteiger partial charge in [-0.25, -0.2) is 13.1 Å². The molecule has 120 valence electrons. The number of nitrogens with one attached hydrogen (secondary N) is 2. The van der Waals surface area contributed by atoms with Gasteiger partial charge in [-0.3, -0.25) is 4.68 Å². The van der Waals surface area contributed by atoms with E-state index in [4.69, 9.17) is 0 Å². The second kappa shape index (κ2) is 7.38. The Morgan fingerprint density at radius 1 is 1.43 bits per heavy atom. The van der Waals surface area contributed by atoms with Gasteiger partial charge < -0.3 is 5.32 Å². The van der Waals surface area contributed by atoms with Gasteiger partial charge in [0.05, 0.1) is 6.20 Å². The Morgan fingerprint density at radius 3 is 2.90 bits per heavy atom. The van der Waals surface area contributed by atoms with Crippen LogP contribution in [0.5, 0.6) is 0 Å². The fraction of sp³-hybridized carbons (Fsp3) is 0.786. The van der Waals surface area contributed by atoms with Crippen molar-refractivity contribution < 1.29 is 8.42 Å². The second-order valence-corrected chi connectivity index (χ2v) is 7.80. The number of nitrogens with zero attached hydrogens (tertiary/aromatic N) is 2. The third kappa shape index (κ3) is 4.79. The molecule has 0 spiro atoms. The van der Waals surface area contributed by atoms with Crippen LogP contribution in [0.15, 0.2) is 17.3 Å². The second-order valence-electron chi connectivity index (χ2n) is 6.03. The highest BCUT2D eigenvalue weighted by molar-refractivity contribution is 7.89. The Labute approximate surface area is 127 Å². The van der Waals surface area contributed by atoms with Crippen molar-refractivity contribution >= 4 is 10.0 Å². The van der Waals surface area contributed by atoms with E-state index in [9.17, 15) is 8.42 Å². The summed E-state index contributed by atoms with van der Waals surface area (Å²) in [5.41, 5.74) is 0. The number of aromatic nitrogens is 2. The van der Waals surface area contributed by atoms with Gasteiger partial charge in [0.2, 0.25) is 10.0 Å². The molecule has 1 aromatic heterocycles. The summed E-state index contributed by atoms with van der Waals surface area (Å²) < 4.78 is 28.9. The number of hydrogen-bond donors (Lipinski definition) is 2. The van der Waals surface area contributed by atoms with Crippen LogP contribution >= 0.6 is 0 Å². The number of hydrogen-bond acceptors (Lipinski definition) is 4. The van der Waals surface area contributed by atoms with Crippen LogP contribution in [0.3, 0.4) is 0 Å². The summed E-state index contributed by atoms with van der Waals surface area (Å²) in [7, 11) is -1.53. The highest BCUT2D eigenvalue weighted by Gasteiger charge is 2.24. The van der Waals surface area contributed by atoms with Crippen LogP contribution in [-0.4, -0.2) is 38.3 Å². The molecule has 0 aromatic carbocycles. The maximum absolute atomic E-state index is 12.2. The average Bonchev–Trinajstić information content (AvgIpc) is 3.06. The minimum atomic E-state index is -3.42. The van der Waals surface area contributed by atoms with Gasteiger partial charge in [0.1, 0.15) is 4.90 Å². The van der Waals surface area contributed by atoms with Crippen molar-refractivity contribution in [3.05, 3.63) is 12.4 Å². The van der Waals surface area contributed by atoms with Crippen molar-refractivity contribution in [2.45, 2.75) is 44.0 Å². The topological polar surface area (TPSA) is 76.0 Å². The standard InChI is InChI=1S/C14H26N4O2S/c1-12-4-5-13(8-12)9-17-21(19,20)14-10-16-18(11-14)7-3-6-15-2/h10-13,15,17H,3-9H2,1-2H3. The van der Waals surface area contributed by atoms with E-state index >= 15 is 0 Å². The Morgan fingerprint density at radius 2 is 2.24 bits per heavy atom. The molecule has 1 aliphatic rings. The summed E-state index contributed by atoms with van der Waals surface area (Å²) in [4.78, 5) is 0.262. The Hall–Kier alpha value is -0.920. The first kappa shape index (κ1) is 16.5. The van der Waals surface area contributed by atoms with Gasteiger partial charge in [-0.05, 0) is 44.7 Å². The first-order valence-corrected chi connectivity index (χ1v) is 9.16. The average molecular weight is 314 g/mol. The van der Waals surface area contributed by atoms with Crippen molar-refractivity contribution in [1.82, 2.24) is 19.8 Å². The van der Waals surface area contributed by atoms with Crippen LogP contribution in [-0.2, 0) is 16.6 Å². The molecule has 1 aliphatic carbocycles. The number of rotatable bonds is 8. The molecular weight excluding hydrogens is 288 g/mol.